The van der Waals surface area contributed by atoms with Crippen molar-refractivity contribution in [1.82, 2.24) is 20.4 Å². The summed E-state index contributed by atoms with van der Waals surface area (Å²) >= 11 is 0. The Morgan fingerprint density at radius 2 is 1.60 bits per heavy atom. The molecular formula is C32H46N4O4. The summed E-state index contributed by atoms with van der Waals surface area (Å²) in [6.07, 6.45) is 4.59. The number of hydrogen-bond donors (Lipinski definition) is 3. The Morgan fingerprint density at radius 3 is 2.30 bits per heavy atom. The molecule has 8 nitrogen and oxygen atoms in total. The van der Waals surface area contributed by atoms with Gasteiger partial charge >= 0.3 is 6.03 Å². The predicted octanol–water partition coefficient (Wildman–Crippen LogP) is 4.35. The fourth-order valence-corrected chi connectivity index (χ4v) is 6.36. The van der Waals surface area contributed by atoms with Gasteiger partial charge in [0.15, 0.2) is 6.29 Å². The van der Waals surface area contributed by atoms with Crippen LogP contribution in [0.2, 0.25) is 0 Å². The van der Waals surface area contributed by atoms with Crippen molar-refractivity contribution in [2.24, 2.45) is 5.92 Å². The summed E-state index contributed by atoms with van der Waals surface area (Å²) in [4.78, 5) is 17.1. The number of likely N-dealkylation sites (tertiary alicyclic amines) is 2. The van der Waals surface area contributed by atoms with Crippen molar-refractivity contribution in [1.29, 1.82) is 0 Å². The molecule has 2 aromatic rings. The average Bonchev–Trinajstić information content (AvgIpc) is 3.66. The number of carbonyl (C=O) groups excluding carboxylic acids is 1. The van der Waals surface area contributed by atoms with Crippen LogP contribution in [0.4, 0.5) is 4.79 Å². The third-order valence-electron chi connectivity index (χ3n) is 8.75. The van der Waals surface area contributed by atoms with E-state index in [1.807, 2.05) is 43.3 Å². The zero-order valence-electron chi connectivity index (χ0n) is 24.1. The second kappa shape index (κ2) is 13.9. The smallest absolute Gasteiger partial charge is 0.315 e. The lowest BCUT2D eigenvalue weighted by Gasteiger charge is -2.43. The monoisotopic (exact) mass is 550 g/mol. The fraction of sp³-hybridized carbons (Fsp3) is 0.594. The molecule has 0 bridgehead atoms. The van der Waals surface area contributed by atoms with Crippen molar-refractivity contribution in [3.05, 3.63) is 70.8 Å². The van der Waals surface area contributed by atoms with Crippen molar-refractivity contribution < 1.29 is 19.4 Å². The highest BCUT2D eigenvalue weighted by Gasteiger charge is 2.40. The Kier molecular flexibility index (Phi) is 10.1. The van der Waals surface area contributed by atoms with Crippen LogP contribution in [0.15, 0.2) is 48.5 Å². The van der Waals surface area contributed by atoms with Crippen molar-refractivity contribution in [3.8, 4) is 0 Å². The molecule has 218 valence electrons. The molecule has 2 amide bonds. The van der Waals surface area contributed by atoms with E-state index in [-0.39, 0.29) is 30.8 Å². The molecule has 3 N–H and O–H groups in total. The molecule has 3 saturated heterocycles. The first-order chi connectivity index (χ1) is 19.5. The largest absolute Gasteiger partial charge is 0.392 e. The highest BCUT2D eigenvalue weighted by molar-refractivity contribution is 5.73. The third-order valence-corrected chi connectivity index (χ3v) is 8.75. The molecule has 0 aromatic heterocycles. The first-order valence-corrected chi connectivity index (χ1v) is 15.1. The Labute approximate surface area is 239 Å². The van der Waals surface area contributed by atoms with Gasteiger partial charge in [0.1, 0.15) is 0 Å². The lowest BCUT2D eigenvalue weighted by molar-refractivity contribution is -0.276. The van der Waals surface area contributed by atoms with E-state index >= 15 is 0 Å². The van der Waals surface area contributed by atoms with Gasteiger partial charge in [0.05, 0.1) is 18.8 Å². The van der Waals surface area contributed by atoms with Gasteiger partial charge in [0.2, 0.25) is 0 Å². The lowest BCUT2D eigenvalue weighted by Crippen LogP contribution is -2.48. The number of aliphatic hydroxyl groups excluding tert-OH is 1. The van der Waals surface area contributed by atoms with Crippen LogP contribution in [0.1, 0.15) is 74.2 Å². The van der Waals surface area contributed by atoms with Crippen LogP contribution in [0.25, 0.3) is 0 Å². The van der Waals surface area contributed by atoms with E-state index in [1.165, 1.54) is 45.3 Å². The fourth-order valence-electron chi connectivity index (χ4n) is 6.36. The molecule has 0 aliphatic carbocycles. The topological polar surface area (TPSA) is 86.3 Å². The molecule has 8 heteroatoms. The van der Waals surface area contributed by atoms with Crippen molar-refractivity contribution in [2.45, 2.75) is 77.2 Å². The second-order valence-corrected chi connectivity index (χ2v) is 11.6. The van der Waals surface area contributed by atoms with E-state index < -0.39 is 6.29 Å². The maximum Gasteiger partial charge on any atom is 0.315 e. The standard InChI is InChI=1S/C32H46N4O4/c1-3-33-32(38)34-19-24-8-14-27(15-9-24)31-39-29(21-36-18-6-7-28(36)20-35-16-4-5-17-35)23(2)30(40-31)26-12-10-25(22-37)11-13-26/h8-15,23,28-31,37H,3-7,16-22H2,1-2H3,(H2,33,34,38). The quantitative estimate of drug-likeness (QED) is 0.408. The van der Waals surface area contributed by atoms with Crippen LogP contribution >= 0.6 is 0 Å². The van der Waals surface area contributed by atoms with Gasteiger partial charge < -0.3 is 30.1 Å². The summed E-state index contributed by atoms with van der Waals surface area (Å²) in [5.41, 5.74) is 4.01. The number of ether oxygens (including phenoxy) is 2. The molecule has 5 atom stereocenters. The summed E-state index contributed by atoms with van der Waals surface area (Å²) < 4.78 is 13.4. The van der Waals surface area contributed by atoms with Crippen LogP contribution in [-0.2, 0) is 22.6 Å². The Bertz CT molecular complexity index is 1070. The van der Waals surface area contributed by atoms with Gasteiger partial charge in [0, 0.05) is 43.7 Å². The van der Waals surface area contributed by atoms with Gasteiger partial charge in [0.25, 0.3) is 0 Å². The van der Waals surface area contributed by atoms with E-state index in [1.54, 1.807) is 0 Å². The number of nitrogens with one attached hydrogen (secondary N) is 2. The molecule has 3 heterocycles. The first-order valence-electron chi connectivity index (χ1n) is 15.1. The number of amides is 2. The van der Waals surface area contributed by atoms with Gasteiger partial charge in [-0.25, -0.2) is 4.79 Å². The van der Waals surface area contributed by atoms with Gasteiger partial charge in [-0.1, -0.05) is 55.5 Å². The number of nitrogens with zero attached hydrogens (tertiary/aromatic N) is 2. The van der Waals surface area contributed by atoms with Crippen LogP contribution in [0.5, 0.6) is 0 Å². The van der Waals surface area contributed by atoms with E-state index in [2.05, 4.69) is 39.5 Å². The summed E-state index contributed by atoms with van der Waals surface area (Å²) in [6, 6.07) is 16.7. The van der Waals surface area contributed by atoms with Crippen molar-refractivity contribution in [2.75, 3.05) is 39.3 Å². The molecule has 3 aliphatic rings. The Hall–Kier alpha value is -2.49. The Balaban J connectivity index is 1.31. The normalized spacial score (nSPS) is 27.6. The molecule has 5 unspecified atom stereocenters. The zero-order chi connectivity index (χ0) is 27.9. The van der Waals surface area contributed by atoms with Gasteiger partial charge in [-0.3, -0.25) is 4.90 Å². The summed E-state index contributed by atoms with van der Waals surface area (Å²) in [5.74, 6) is 0.171. The molecular weight excluding hydrogens is 504 g/mol. The minimum Gasteiger partial charge on any atom is -0.392 e. The number of carbonyl (C=O) groups is 1. The third kappa shape index (κ3) is 7.22. The second-order valence-electron chi connectivity index (χ2n) is 11.6. The predicted molar refractivity (Wildman–Crippen MR) is 156 cm³/mol. The average molecular weight is 551 g/mol. The number of urea groups is 1. The molecule has 2 aromatic carbocycles. The van der Waals surface area contributed by atoms with Crippen LogP contribution in [-0.4, -0.2) is 72.4 Å². The van der Waals surface area contributed by atoms with Crippen LogP contribution < -0.4 is 10.6 Å². The van der Waals surface area contributed by atoms with Crippen molar-refractivity contribution in [3.63, 3.8) is 0 Å². The van der Waals surface area contributed by atoms with Crippen LogP contribution in [0, 0.1) is 5.92 Å². The molecule has 0 spiro atoms. The maximum absolute atomic E-state index is 11.8. The highest BCUT2D eigenvalue weighted by atomic mass is 16.7. The highest BCUT2D eigenvalue weighted by Crippen LogP contribution is 2.42. The lowest BCUT2D eigenvalue weighted by atomic mass is 9.90. The number of rotatable bonds is 10. The molecule has 40 heavy (non-hydrogen) atoms. The van der Waals surface area contributed by atoms with Gasteiger partial charge in [-0.05, 0) is 68.9 Å². The van der Waals surface area contributed by atoms with Gasteiger partial charge in [-0.15, -0.1) is 0 Å². The Morgan fingerprint density at radius 1 is 0.900 bits per heavy atom. The maximum atomic E-state index is 11.8. The van der Waals surface area contributed by atoms with E-state index in [9.17, 15) is 9.90 Å². The number of aliphatic hydroxyl groups is 1. The van der Waals surface area contributed by atoms with Crippen LogP contribution in [0.3, 0.4) is 0 Å². The molecule has 5 rings (SSSR count). The molecule has 3 aliphatic heterocycles. The van der Waals surface area contributed by atoms with E-state index in [4.69, 9.17) is 9.47 Å². The van der Waals surface area contributed by atoms with Gasteiger partial charge in [-0.2, -0.15) is 0 Å². The SMILES string of the molecule is CCNC(=O)NCc1ccc(C2OC(CN3CCCC3CN3CCCC3)C(C)C(c3ccc(CO)cc3)O2)cc1. The molecule has 0 saturated carbocycles. The minimum absolute atomic E-state index is 0.0273. The number of hydrogen-bond acceptors (Lipinski definition) is 6. The zero-order valence-corrected chi connectivity index (χ0v) is 24.1. The summed E-state index contributed by atoms with van der Waals surface area (Å²) in [6.45, 7) is 10.9. The molecule has 0 radical (unpaired) electrons. The number of benzene rings is 2. The first kappa shape index (κ1) is 29.0. The van der Waals surface area contributed by atoms with E-state index in [0.29, 0.717) is 19.1 Å². The summed E-state index contributed by atoms with van der Waals surface area (Å²) in [7, 11) is 0. The summed E-state index contributed by atoms with van der Waals surface area (Å²) in [5, 5.41) is 15.2. The minimum atomic E-state index is -0.478. The molecule has 3 fully saturated rings. The van der Waals surface area contributed by atoms with E-state index in [0.717, 1.165) is 35.3 Å². The van der Waals surface area contributed by atoms with Crippen molar-refractivity contribution >= 4 is 6.03 Å².